The van der Waals surface area contributed by atoms with Crippen LogP contribution in [-0.2, 0) is 19.6 Å². The first-order chi connectivity index (χ1) is 7.41. The van der Waals surface area contributed by atoms with Crippen molar-refractivity contribution < 1.29 is 23.1 Å². The second-order valence-corrected chi connectivity index (χ2v) is 5.42. The summed E-state index contributed by atoms with van der Waals surface area (Å²) in [4.78, 5) is 21.3. The Morgan fingerprint density at radius 1 is 1.25 bits per heavy atom. The van der Waals surface area contributed by atoms with E-state index in [-0.39, 0.29) is 24.9 Å². The molecule has 0 radical (unpaired) electrons. The molecule has 1 amide bonds. The van der Waals surface area contributed by atoms with Gasteiger partial charge in [-0.1, -0.05) is 0 Å². The molecule has 7 nitrogen and oxygen atoms in total. The van der Waals surface area contributed by atoms with Crippen LogP contribution in [0.1, 0.15) is 12.8 Å². The molecule has 1 saturated carbocycles. The van der Waals surface area contributed by atoms with Gasteiger partial charge in [0.2, 0.25) is 15.9 Å². The van der Waals surface area contributed by atoms with Crippen LogP contribution in [0.2, 0.25) is 0 Å². The zero-order valence-electron chi connectivity index (χ0n) is 8.60. The first-order valence-corrected chi connectivity index (χ1v) is 6.53. The Hall–Kier alpha value is -1.15. The first-order valence-electron chi connectivity index (χ1n) is 4.87. The van der Waals surface area contributed by atoms with Crippen molar-refractivity contribution in [3.8, 4) is 0 Å². The van der Waals surface area contributed by atoms with Gasteiger partial charge < -0.3 is 10.4 Å². The van der Waals surface area contributed by atoms with Crippen LogP contribution in [0.5, 0.6) is 0 Å². The number of carbonyl (C=O) groups excluding carboxylic acids is 1. The molecule has 0 saturated heterocycles. The maximum atomic E-state index is 11.1. The van der Waals surface area contributed by atoms with E-state index in [0.29, 0.717) is 0 Å². The minimum atomic E-state index is -3.78. The number of rotatable bonds is 7. The number of carboxylic acid groups (broad SMARTS) is 1. The van der Waals surface area contributed by atoms with Crippen LogP contribution in [0.3, 0.4) is 0 Å². The van der Waals surface area contributed by atoms with Crippen LogP contribution in [0.4, 0.5) is 0 Å². The number of amides is 1. The lowest BCUT2D eigenvalue weighted by atomic mass is 10.4. The Balaban J connectivity index is 2.14. The minimum absolute atomic E-state index is 0.00801. The minimum Gasteiger partial charge on any atom is -0.480 e. The van der Waals surface area contributed by atoms with Gasteiger partial charge in [0.05, 0.1) is 0 Å². The lowest BCUT2D eigenvalue weighted by Gasteiger charge is -2.05. The van der Waals surface area contributed by atoms with Crippen LogP contribution < -0.4 is 10.0 Å². The van der Waals surface area contributed by atoms with Crippen molar-refractivity contribution in [1.82, 2.24) is 10.0 Å². The fraction of sp³-hybridized carbons (Fsp3) is 0.750. The second kappa shape index (κ2) is 5.26. The maximum absolute atomic E-state index is 11.1. The van der Waals surface area contributed by atoms with E-state index in [4.69, 9.17) is 5.11 Å². The van der Waals surface area contributed by atoms with E-state index in [2.05, 4.69) is 10.0 Å². The van der Waals surface area contributed by atoms with Crippen molar-refractivity contribution in [3.05, 3.63) is 0 Å². The van der Waals surface area contributed by atoms with E-state index < -0.39 is 21.7 Å². The summed E-state index contributed by atoms with van der Waals surface area (Å²) in [5.74, 6) is -2.36. The van der Waals surface area contributed by atoms with Gasteiger partial charge in [-0.05, 0) is 12.8 Å². The predicted octanol–water partition coefficient (Wildman–Crippen LogP) is -1.48. The Bertz CT molecular complexity index is 374. The third-order valence-electron chi connectivity index (χ3n) is 2.01. The van der Waals surface area contributed by atoms with Crippen molar-refractivity contribution in [3.63, 3.8) is 0 Å². The predicted molar refractivity (Wildman–Crippen MR) is 55.2 cm³/mol. The van der Waals surface area contributed by atoms with Crippen LogP contribution in [0.15, 0.2) is 0 Å². The van der Waals surface area contributed by atoms with Gasteiger partial charge in [0.25, 0.3) is 0 Å². The zero-order chi connectivity index (χ0) is 12.2. The van der Waals surface area contributed by atoms with Gasteiger partial charge in [0.15, 0.2) is 5.75 Å². The molecule has 0 spiro atoms. The zero-order valence-corrected chi connectivity index (χ0v) is 9.42. The van der Waals surface area contributed by atoms with Crippen LogP contribution in [-0.4, -0.2) is 44.2 Å². The first kappa shape index (κ1) is 12.9. The van der Waals surface area contributed by atoms with E-state index >= 15 is 0 Å². The third kappa shape index (κ3) is 5.08. The topological polar surface area (TPSA) is 113 Å². The molecule has 0 unspecified atom stereocenters. The average molecular weight is 250 g/mol. The summed E-state index contributed by atoms with van der Waals surface area (Å²) < 4.78 is 24.1. The fourth-order valence-corrected chi connectivity index (χ4v) is 1.94. The van der Waals surface area contributed by atoms with E-state index in [9.17, 15) is 18.0 Å². The highest BCUT2D eigenvalue weighted by Crippen LogP contribution is 2.28. The molecule has 0 aromatic heterocycles. The van der Waals surface area contributed by atoms with Crippen molar-refractivity contribution in [2.24, 2.45) is 5.92 Å². The molecule has 3 N–H and O–H groups in total. The van der Waals surface area contributed by atoms with Crippen LogP contribution >= 0.6 is 0 Å². The molecule has 0 bridgehead atoms. The summed E-state index contributed by atoms with van der Waals surface area (Å²) in [7, 11) is -3.78. The average Bonchev–Trinajstić information content (AvgIpc) is 2.92. The summed E-state index contributed by atoms with van der Waals surface area (Å²) in [5.41, 5.74) is 0. The number of carboxylic acids is 1. The molecule has 0 aliphatic heterocycles. The summed E-state index contributed by atoms with van der Waals surface area (Å²) >= 11 is 0. The van der Waals surface area contributed by atoms with Crippen LogP contribution in [0, 0.1) is 5.92 Å². The molecule has 0 aromatic rings. The standard InChI is InChI=1S/C8H14N2O5S/c11-7(12)5-16(14,15)10-4-3-9-8(13)6-1-2-6/h6,10H,1-5H2,(H,9,13)(H,11,12). The normalized spacial score (nSPS) is 15.8. The van der Waals surface area contributed by atoms with Crippen molar-refractivity contribution in [2.75, 3.05) is 18.8 Å². The molecular formula is C8H14N2O5S. The van der Waals surface area contributed by atoms with Crippen LogP contribution in [0.25, 0.3) is 0 Å². The van der Waals surface area contributed by atoms with Crippen molar-refractivity contribution in [2.45, 2.75) is 12.8 Å². The molecule has 1 fully saturated rings. The number of sulfonamides is 1. The lowest BCUT2D eigenvalue weighted by Crippen LogP contribution is -2.37. The van der Waals surface area contributed by atoms with Crippen molar-refractivity contribution in [1.29, 1.82) is 0 Å². The molecule has 0 heterocycles. The van der Waals surface area contributed by atoms with Crippen molar-refractivity contribution >= 4 is 21.9 Å². The van der Waals surface area contributed by atoms with E-state index in [1.807, 2.05) is 0 Å². The SMILES string of the molecule is O=C(O)CS(=O)(=O)NCCNC(=O)C1CC1. The van der Waals surface area contributed by atoms with Gasteiger partial charge >= 0.3 is 5.97 Å². The number of nitrogens with one attached hydrogen (secondary N) is 2. The third-order valence-corrected chi connectivity index (χ3v) is 3.28. The molecule has 1 rings (SSSR count). The monoisotopic (exact) mass is 250 g/mol. The molecular weight excluding hydrogens is 236 g/mol. The van der Waals surface area contributed by atoms with Gasteiger partial charge in [-0.2, -0.15) is 0 Å². The Labute approximate surface area is 93.3 Å². The quantitative estimate of drug-likeness (QED) is 0.477. The number of hydrogen-bond acceptors (Lipinski definition) is 4. The largest absolute Gasteiger partial charge is 0.480 e. The van der Waals surface area contributed by atoms with E-state index in [1.54, 1.807) is 0 Å². The molecule has 8 heteroatoms. The smallest absolute Gasteiger partial charge is 0.320 e. The molecule has 1 aliphatic rings. The van der Waals surface area contributed by atoms with Gasteiger partial charge in [-0.3, -0.25) is 9.59 Å². The lowest BCUT2D eigenvalue weighted by molar-refractivity contribution is -0.134. The van der Waals surface area contributed by atoms with E-state index in [0.717, 1.165) is 12.8 Å². The molecule has 92 valence electrons. The second-order valence-electron chi connectivity index (χ2n) is 3.61. The summed E-state index contributed by atoms with van der Waals surface area (Å²) in [5, 5.41) is 10.8. The number of aliphatic carboxylic acids is 1. The molecule has 0 atom stereocenters. The van der Waals surface area contributed by atoms with Gasteiger partial charge in [-0.15, -0.1) is 0 Å². The number of hydrogen-bond donors (Lipinski definition) is 3. The number of carbonyl (C=O) groups is 2. The Morgan fingerprint density at radius 2 is 1.88 bits per heavy atom. The molecule has 0 aromatic carbocycles. The maximum Gasteiger partial charge on any atom is 0.320 e. The Morgan fingerprint density at radius 3 is 2.38 bits per heavy atom. The van der Waals surface area contributed by atoms with Gasteiger partial charge in [0, 0.05) is 19.0 Å². The summed E-state index contributed by atoms with van der Waals surface area (Å²) in [6, 6.07) is 0. The molecule has 1 aliphatic carbocycles. The van der Waals surface area contributed by atoms with E-state index in [1.165, 1.54) is 0 Å². The van der Waals surface area contributed by atoms with Gasteiger partial charge in [-0.25, -0.2) is 13.1 Å². The van der Waals surface area contributed by atoms with Gasteiger partial charge in [0.1, 0.15) is 0 Å². The highest BCUT2D eigenvalue weighted by molar-refractivity contribution is 7.90. The molecule has 16 heavy (non-hydrogen) atoms. The summed E-state index contributed by atoms with van der Waals surface area (Å²) in [6.45, 7) is 0.183. The summed E-state index contributed by atoms with van der Waals surface area (Å²) in [6.07, 6.45) is 1.77. The Kier molecular flexibility index (Phi) is 4.25. The highest BCUT2D eigenvalue weighted by atomic mass is 32.2. The highest BCUT2D eigenvalue weighted by Gasteiger charge is 2.29. The fourth-order valence-electron chi connectivity index (χ4n) is 1.10.